The van der Waals surface area contributed by atoms with E-state index in [0.717, 1.165) is 5.56 Å². The van der Waals surface area contributed by atoms with Crippen LogP contribution in [0.5, 0.6) is 0 Å². The molecule has 0 radical (unpaired) electrons. The highest BCUT2D eigenvalue weighted by molar-refractivity contribution is 6.07. The van der Waals surface area contributed by atoms with Crippen LogP contribution in [0, 0.1) is 18.3 Å². The third-order valence-electron chi connectivity index (χ3n) is 3.32. The molecule has 0 saturated carbocycles. The summed E-state index contributed by atoms with van der Waals surface area (Å²) in [6.45, 7) is 3.29. The molecule has 6 nitrogen and oxygen atoms in total. The Balaban J connectivity index is 2.10. The van der Waals surface area contributed by atoms with Gasteiger partial charge in [0.25, 0.3) is 5.91 Å². The number of amides is 2. The molecule has 0 saturated heterocycles. The van der Waals surface area contributed by atoms with Crippen molar-refractivity contribution >= 4 is 28.9 Å². The zero-order chi connectivity index (χ0) is 18.2. The summed E-state index contributed by atoms with van der Waals surface area (Å²) in [5.41, 5.74) is 2.76. The first-order valence-electron chi connectivity index (χ1n) is 7.61. The molecule has 2 rings (SSSR count). The lowest BCUT2D eigenvalue weighted by molar-refractivity contribution is -0.114. The Morgan fingerprint density at radius 1 is 1.04 bits per heavy atom. The monoisotopic (exact) mass is 334 g/mol. The fourth-order valence-electron chi connectivity index (χ4n) is 2.10. The highest BCUT2D eigenvalue weighted by atomic mass is 16.2. The van der Waals surface area contributed by atoms with Crippen LogP contribution in [0.25, 0.3) is 0 Å². The van der Waals surface area contributed by atoms with Crippen molar-refractivity contribution in [3.8, 4) is 6.07 Å². The van der Waals surface area contributed by atoms with Gasteiger partial charge in [0, 0.05) is 30.2 Å². The van der Waals surface area contributed by atoms with Crippen LogP contribution in [-0.2, 0) is 9.59 Å². The number of nitrogens with one attached hydrogen (secondary N) is 3. The maximum atomic E-state index is 12.2. The Hall–Kier alpha value is -3.59. The topological polar surface area (TPSA) is 94.0 Å². The predicted octanol–water partition coefficient (Wildman–Crippen LogP) is 3.41. The molecular weight excluding hydrogens is 316 g/mol. The SMILES string of the molecule is CC(=O)Nc1cccc(N/C=C(/C#N)C(=O)Nc2ccccc2C)c1. The van der Waals surface area contributed by atoms with Gasteiger partial charge in [0.1, 0.15) is 11.6 Å². The quantitative estimate of drug-likeness (QED) is 0.577. The van der Waals surface area contributed by atoms with E-state index in [2.05, 4.69) is 16.0 Å². The number of hydrogen-bond acceptors (Lipinski definition) is 4. The standard InChI is InChI=1S/C19H18N4O2/c1-13-6-3-4-9-18(13)23-19(25)15(11-20)12-21-16-7-5-8-17(10-16)22-14(2)24/h3-10,12,21H,1-2H3,(H,22,24)(H,23,25)/b15-12-. The molecule has 0 aliphatic rings. The molecule has 0 atom stereocenters. The lowest BCUT2D eigenvalue weighted by atomic mass is 10.2. The number of benzene rings is 2. The number of nitrogens with zero attached hydrogens (tertiary/aromatic N) is 1. The van der Waals surface area contributed by atoms with Crippen LogP contribution in [-0.4, -0.2) is 11.8 Å². The zero-order valence-electron chi connectivity index (χ0n) is 14.0. The molecular formula is C19H18N4O2. The van der Waals surface area contributed by atoms with Crippen LogP contribution in [0.15, 0.2) is 60.3 Å². The van der Waals surface area contributed by atoms with Crippen molar-refractivity contribution in [2.45, 2.75) is 13.8 Å². The minimum Gasteiger partial charge on any atom is -0.360 e. The van der Waals surface area contributed by atoms with Gasteiger partial charge in [-0.2, -0.15) is 5.26 Å². The average molecular weight is 334 g/mol. The minimum atomic E-state index is -0.498. The van der Waals surface area contributed by atoms with Crippen LogP contribution in [0.1, 0.15) is 12.5 Å². The maximum absolute atomic E-state index is 12.2. The summed E-state index contributed by atoms with van der Waals surface area (Å²) in [6.07, 6.45) is 1.33. The summed E-state index contributed by atoms with van der Waals surface area (Å²) in [5.74, 6) is -0.676. The Morgan fingerprint density at radius 3 is 2.44 bits per heavy atom. The van der Waals surface area contributed by atoms with Gasteiger partial charge in [-0.1, -0.05) is 24.3 Å². The van der Waals surface area contributed by atoms with Gasteiger partial charge in [-0.3, -0.25) is 9.59 Å². The third-order valence-corrected chi connectivity index (χ3v) is 3.32. The van der Waals surface area contributed by atoms with Crippen LogP contribution < -0.4 is 16.0 Å². The summed E-state index contributed by atoms with van der Waals surface area (Å²) in [6, 6.07) is 16.2. The molecule has 126 valence electrons. The van der Waals surface area contributed by atoms with Gasteiger partial charge in [-0.25, -0.2) is 0 Å². The molecule has 0 aromatic heterocycles. The second-order valence-electron chi connectivity index (χ2n) is 5.35. The molecule has 6 heteroatoms. The van der Waals surface area contributed by atoms with E-state index in [1.165, 1.54) is 13.1 Å². The van der Waals surface area contributed by atoms with E-state index in [4.69, 9.17) is 0 Å². The molecule has 0 spiro atoms. The van der Waals surface area contributed by atoms with Gasteiger partial charge >= 0.3 is 0 Å². The van der Waals surface area contributed by atoms with Crippen LogP contribution in [0.4, 0.5) is 17.1 Å². The number of aryl methyl sites for hydroxylation is 1. The molecule has 2 amide bonds. The smallest absolute Gasteiger partial charge is 0.267 e. The summed E-state index contributed by atoms with van der Waals surface area (Å²) in [5, 5.41) is 17.5. The number of carbonyl (C=O) groups is 2. The lowest BCUT2D eigenvalue weighted by Gasteiger charge is -2.08. The largest absolute Gasteiger partial charge is 0.360 e. The average Bonchev–Trinajstić information content (AvgIpc) is 2.57. The Kier molecular flexibility index (Phi) is 5.91. The van der Waals surface area contributed by atoms with Gasteiger partial charge in [-0.15, -0.1) is 0 Å². The number of hydrogen-bond donors (Lipinski definition) is 3. The van der Waals surface area contributed by atoms with Crippen molar-refractivity contribution in [1.29, 1.82) is 5.26 Å². The summed E-state index contributed by atoms with van der Waals surface area (Å²) in [4.78, 5) is 23.3. The number of anilines is 3. The summed E-state index contributed by atoms with van der Waals surface area (Å²) >= 11 is 0. The fourth-order valence-corrected chi connectivity index (χ4v) is 2.10. The molecule has 0 aliphatic heterocycles. The van der Waals surface area contributed by atoms with Crippen molar-refractivity contribution < 1.29 is 9.59 Å². The molecule has 3 N–H and O–H groups in total. The Labute approximate surface area is 146 Å². The number of nitriles is 1. The highest BCUT2D eigenvalue weighted by Gasteiger charge is 2.10. The lowest BCUT2D eigenvalue weighted by Crippen LogP contribution is -2.15. The number of para-hydroxylation sites is 1. The normalized spacial score (nSPS) is 10.5. The van der Waals surface area contributed by atoms with E-state index in [1.807, 2.05) is 31.2 Å². The highest BCUT2D eigenvalue weighted by Crippen LogP contribution is 2.16. The van der Waals surface area contributed by atoms with E-state index < -0.39 is 5.91 Å². The first-order valence-corrected chi connectivity index (χ1v) is 7.61. The molecule has 0 unspecified atom stereocenters. The summed E-state index contributed by atoms with van der Waals surface area (Å²) in [7, 11) is 0. The molecule has 0 heterocycles. The first kappa shape index (κ1) is 17.8. The zero-order valence-corrected chi connectivity index (χ0v) is 14.0. The number of carbonyl (C=O) groups excluding carboxylic acids is 2. The second kappa shape index (κ2) is 8.31. The Morgan fingerprint density at radius 2 is 1.76 bits per heavy atom. The first-order chi connectivity index (χ1) is 12.0. The summed E-state index contributed by atoms with van der Waals surface area (Å²) < 4.78 is 0. The van der Waals surface area contributed by atoms with E-state index in [9.17, 15) is 14.9 Å². The van der Waals surface area contributed by atoms with Gasteiger partial charge < -0.3 is 16.0 Å². The minimum absolute atomic E-state index is 0.0619. The maximum Gasteiger partial charge on any atom is 0.267 e. The van der Waals surface area contributed by atoms with E-state index >= 15 is 0 Å². The van der Waals surface area contributed by atoms with Gasteiger partial charge in [0.2, 0.25) is 5.91 Å². The Bertz CT molecular complexity index is 866. The molecule has 0 aliphatic carbocycles. The van der Waals surface area contributed by atoms with Crippen LogP contribution >= 0.6 is 0 Å². The van der Waals surface area contributed by atoms with Crippen molar-refractivity contribution in [2.24, 2.45) is 0 Å². The molecule has 2 aromatic rings. The van der Waals surface area contributed by atoms with Crippen molar-refractivity contribution in [3.05, 3.63) is 65.9 Å². The molecule has 0 fully saturated rings. The number of rotatable bonds is 5. The van der Waals surface area contributed by atoms with Gasteiger partial charge in [0.05, 0.1) is 0 Å². The van der Waals surface area contributed by atoms with Crippen molar-refractivity contribution in [3.63, 3.8) is 0 Å². The van der Waals surface area contributed by atoms with Crippen LogP contribution in [0.2, 0.25) is 0 Å². The van der Waals surface area contributed by atoms with E-state index in [0.29, 0.717) is 17.1 Å². The van der Waals surface area contributed by atoms with Gasteiger partial charge in [-0.05, 0) is 36.8 Å². The van der Waals surface area contributed by atoms with Crippen molar-refractivity contribution in [2.75, 3.05) is 16.0 Å². The van der Waals surface area contributed by atoms with Crippen LogP contribution in [0.3, 0.4) is 0 Å². The third kappa shape index (κ3) is 5.22. The van der Waals surface area contributed by atoms with E-state index in [1.54, 1.807) is 30.3 Å². The molecule has 25 heavy (non-hydrogen) atoms. The van der Waals surface area contributed by atoms with Crippen molar-refractivity contribution in [1.82, 2.24) is 0 Å². The fraction of sp³-hybridized carbons (Fsp3) is 0.105. The molecule has 2 aromatic carbocycles. The van der Waals surface area contributed by atoms with E-state index in [-0.39, 0.29) is 11.5 Å². The van der Waals surface area contributed by atoms with Gasteiger partial charge in [0.15, 0.2) is 0 Å². The predicted molar refractivity (Wildman–Crippen MR) is 97.9 cm³/mol. The second-order valence-corrected chi connectivity index (χ2v) is 5.35. The molecule has 0 bridgehead atoms.